The van der Waals surface area contributed by atoms with Gasteiger partial charge in [-0.3, -0.25) is 4.79 Å². The van der Waals surface area contributed by atoms with E-state index in [4.69, 9.17) is 5.73 Å². The van der Waals surface area contributed by atoms with E-state index in [1.165, 1.54) is 6.07 Å². The number of likely N-dealkylation sites (tertiary alicyclic amines) is 1. The van der Waals surface area contributed by atoms with Crippen molar-refractivity contribution in [2.75, 3.05) is 7.05 Å². The van der Waals surface area contributed by atoms with Gasteiger partial charge in [0.15, 0.2) is 0 Å². The van der Waals surface area contributed by atoms with Gasteiger partial charge in [0.2, 0.25) is 5.91 Å². The number of nitrogens with two attached hydrogens (primary N) is 1. The Morgan fingerprint density at radius 1 is 1.50 bits per heavy atom. The van der Waals surface area contributed by atoms with E-state index in [2.05, 4.69) is 0 Å². The third-order valence-electron chi connectivity index (χ3n) is 3.16. The number of amides is 1. The van der Waals surface area contributed by atoms with Crippen LogP contribution in [0, 0.1) is 12.7 Å². The van der Waals surface area contributed by atoms with Gasteiger partial charge in [0.25, 0.3) is 0 Å². The third-order valence-corrected chi connectivity index (χ3v) is 3.16. The summed E-state index contributed by atoms with van der Waals surface area (Å²) in [6, 6.07) is 4.56. The third kappa shape index (κ3) is 1.69. The van der Waals surface area contributed by atoms with E-state index in [0.717, 1.165) is 5.56 Å². The molecule has 0 aromatic heterocycles. The number of hydrogen-bond donors (Lipinski definition) is 1. The van der Waals surface area contributed by atoms with Gasteiger partial charge in [0, 0.05) is 19.5 Å². The molecular weight excluding hydrogens is 207 g/mol. The molecule has 1 fully saturated rings. The summed E-state index contributed by atoms with van der Waals surface area (Å²) >= 11 is 0. The van der Waals surface area contributed by atoms with Crippen molar-refractivity contribution in [1.29, 1.82) is 0 Å². The molecule has 2 rings (SSSR count). The van der Waals surface area contributed by atoms with Crippen LogP contribution >= 0.6 is 0 Å². The lowest BCUT2D eigenvalue weighted by Crippen LogP contribution is -2.30. The normalized spacial score (nSPS) is 25.2. The van der Waals surface area contributed by atoms with Gasteiger partial charge in [-0.1, -0.05) is 12.1 Å². The van der Waals surface area contributed by atoms with Crippen LogP contribution in [0.1, 0.15) is 23.6 Å². The smallest absolute Gasteiger partial charge is 0.224 e. The van der Waals surface area contributed by atoms with Crippen molar-refractivity contribution in [3.05, 3.63) is 35.1 Å². The Hall–Kier alpha value is -1.42. The van der Waals surface area contributed by atoms with Gasteiger partial charge in [-0.25, -0.2) is 4.39 Å². The van der Waals surface area contributed by atoms with Gasteiger partial charge in [0.05, 0.1) is 6.04 Å². The average Bonchev–Trinajstić information content (AvgIpc) is 2.47. The standard InChI is InChI=1S/C12H15FN2O/c1-7-3-4-8(5-9(7)13)12-10(14)6-11(16)15(12)2/h3-5,10,12H,6,14H2,1-2H3. The first-order valence-corrected chi connectivity index (χ1v) is 5.28. The molecule has 1 aromatic rings. The Kier molecular flexibility index (Phi) is 2.68. The number of likely N-dealkylation sites (N-methyl/N-ethyl adjacent to an activating group) is 1. The molecule has 0 radical (unpaired) electrons. The Bertz CT molecular complexity index is 433. The molecule has 1 amide bonds. The molecule has 0 saturated carbocycles. The van der Waals surface area contributed by atoms with E-state index in [9.17, 15) is 9.18 Å². The van der Waals surface area contributed by atoms with Crippen molar-refractivity contribution >= 4 is 5.91 Å². The molecule has 4 heteroatoms. The molecule has 2 atom stereocenters. The molecule has 1 aliphatic heterocycles. The zero-order valence-corrected chi connectivity index (χ0v) is 9.40. The molecule has 1 aliphatic rings. The summed E-state index contributed by atoms with van der Waals surface area (Å²) in [5.41, 5.74) is 7.26. The lowest BCUT2D eigenvalue weighted by atomic mass is 9.99. The Morgan fingerprint density at radius 2 is 2.19 bits per heavy atom. The van der Waals surface area contributed by atoms with Gasteiger partial charge in [-0.15, -0.1) is 0 Å². The van der Waals surface area contributed by atoms with Crippen molar-refractivity contribution in [2.45, 2.75) is 25.4 Å². The molecule has 3 nitrogen and oxygen atoms in total. The number of hydrogen-bond acceptors (Lipinski definition) is 2. The van der Waals surface area contributed by atoms with Crippen LogP contribution in [-0.4, -0.2) is 23.9 Å². The predicted octanol–water partition coefficient (Wildman–Crippen LogP) is 1.36. The lowest BCUT2D eigenvalue weighted by molar-refractivity contribution is -0.127. The summed E-state index contributed by atoms with van der Waals surface area (Å²) in [6.07, 6.45) is 0.330. The molecule has 1 aromatic carbocycles. The van der Waals surface area contributed by atoms with Crippen LogP contribution in [0.5, 0.6) is 0 Å². The minimum Gasteiger partial charge on any atom is -0.337 e. The van der Waals surface area contributed by atoms with Crippen LogP contribution in [0.4, 0.5) is 4.39 Å². The lowest BCUT2D eigenvalue weighted by Gasteiger charge is -2.23. The largest absolute Gasteiger partial charge is 0.337 e. The fourth-order valence-electron chi connectivity index (χ4n) is 2.16. The summed E-state index contributed by atoms with van der Waals surface area (Å²) in [7, 11) is 1.71. The Balaban J connectivity index is 2.37. The summed E-state index contributed by atoms with van der Waals surface area (Å²) < 4.78 is 13.4. The maximum Gasteiger partial charge on any atom is 0.224 e. The van der Waals surface area contributed by atoms with Crippen molar-refractivity contribution in [3.63, 3.8) is 0 Å². The summed E-state index contributed by atoms with van der Waals surface area (Å²) in [5.74, 6) is -0.240. The highest BCUT2D eigenvalue weighted by Crippen LogP contribution is 2.31. The topological polar surface area (TPSA) is 46.3 Å². The quantitative estimate of drug-likeness (QED) is 0.780. The average molecular weight is 222 g/mol. The van der Waals surface area contributed by atoms with Crippen molar-refractivity contribution in [2.24, 2.45) is 5.73 Å². The number of rotatable bonds is 1. The number of carbonyl (C=O) groups is 1. The minimum absolute atomic E-state index is 0.0125. The molecule has 2 N–H and O–H groups in total. The van der Waals surface area contributed by atoms with Crippen LogP contribution < -0.4 is 5.73 Å². The highest BCUT2D eigenvalue weighted by molar-refractivity contribution is 5.80. The zero-order chi connectivity index (χ0) is 11.9. The maximum atomic E-state index is 13.4. The molecule has 2 unspecified atom stereocenters. The minimum atomic E-state index is -0.252. The molecule has 1 heterocycles. The monoisotopic (exact) mass is 222 g/mol. The van der Waals surface area contributed by atoms with Gasteiger partial charge in [0.1, 0.15) is 5.82 Å². The summed E-state index contributed by atoms with van der Waals surface area (Å²) in [6.45, 7) is 1.71. The zero-order valence-electron chi connectivity index (χ0n) is 9.40. The van der Waals surface area contributed by atoms with E-state index in [-0.39, 0.29) is 23.8 Å². The van der Waals surface area contributed by atoms with E-state index in [0.29, 0.717) is 12.0 Å². The number of carbonyl (C=O) groups excluding carboxylic acids is 1. The summed E-state index contributed by atoms with van der Waals surface area (Å²) in [4.78, 5) is 13.1. The summed E-state index contributed by atoms with van der Waals surface area (Å²) in [5, 5.41) is 0. The highest BCUT2D eigenvalue weighted by atomic mass is 19.1. The Morgan fingerprint density at radius 3 is 2.69 bits per heavy atom. The first-order valence-electron chi connectivity index (χ1n) is 5.28. The van der Waals surface area contributed by atoms with Crippen LogP contribution in [0.2, 0.25) is 0 Å². The molecule has 0 aliphatic carbocycles. The SMILES string of the molecule is Cc1ccc(C2C(N)CC(=O)N2C)cc1F. The van der Waals surface area contributed by atoms with E-state index < -0.39 is 0 Å². The van der Waals surface area contributed by atoms with Crippen molar-refractivity contribution < 1.29 is 9.18 Å². The highest BCUT2D eigenvalue weighted by Gasteiger charge is 2.36. The molecule has 0 bridgehead atoms. The van der Waals surface area contributed by atoms with E-state index in [1.807, 2.05) is 6.07 Å². The van der Waals surface area contributed by atoms with Crippen LogP contribution in [0.15, 0.2) is 18.2 Å². The first kappa shape index (κ1) is 11.1. The molecule has 1 saturated heterocycles. The second-order valence-corrected chi connectivity index (χ2v) is 4.33. The first-order chi connectivity index (χ1) is 7.50. The van der Waals surface area contributed by atoms with E-state index >= 15 is 0 Å². The van der Waals surface area contributed by atoms with Gasteiger partial charge in [-0.2, -0.15) is 0 Å². The molecular formula is C12H15FN2O. The number of benzene rings is 1. The molecule has 16 heavy (non-hydrogen) atoms. The van der Waals surface area contributed by atoms with Gasteiger partial charge < -0.3 is 10.6 Å². The fraction of sp³-hybridized carbons (Fsp3) is 0.417. The van der Waals surface area contributed by atoms with Crippen molar-refractivity contribution in [3.8, 4) is 0 Å². The van der Waals surface area contributed by atoms with Gasteiger partial charge in [-0.05, 0) is 24.1 Å². The molecule has 0 spiro atoms. The number of halogens is 1. The van der Waals surface area contributed by atoms with Crippen molar-refractivity contribution in [1.82, 2.24) is 4.90 Å². The number of aryl methyl sites for hydroxylation is 1. The van der Waals surface area contributed by atoms with E-state index in [1.54, 1.807) is 24.9 Å². The number of nitrogens with zero attached hydrogens (tertiary/aromatic N) is 1. The van der Waals surface area contributed by atoms with Crippen LogP contribution in [0.25, 0.3) is 0 Å². The second-order valence-electron chi connectivity index (χ2n) is 4.33. The van der Waals surface area contributed by atoms with Gasteiger partial charge >= 0.3 is 0 Å². The maximum absolute atomic E-state index is 13.4. The van der Waals surface area contributed by atoms with Crippen LogP contribution in [-0.2, 0) is 4.79 Å². The molecule has 86 valence electrons. The Labute approximate surface area is 94.0 Å². The predicted molar refractivity (Wildman–Crippen MR) is 59.2 cm³/mol. The second kappa shape index (κ2) is 3.87. The fourth-order valence-corrected chi connectivity index (χ4v) is 2.16. The van der Waals surface area contributed by atoms with Crippen LogP contribution in [0.3, 0.4) is 0 Å².